The van der Waals surface area contributed by atoms with E-state index in [1.165, 1.54) is 0 Å². The van der Waals surface area contributed by atoms with Crippen LogP contribution < -0.4 is 19.3 Å². The van der Waals surface area contributed by atoms with E-state index in [-0.39, 0.29) is 5.90 Å². The molecule has 3 rings (SSSR count). The van der Waals surface area contributed by atoms with Crippen LogP contribution in [-0.4, -0.2) is 20.1 Å². The van der Waals surface area contributed by atoms with Crippen LogP contribution in [0.1, 0.15) is 11.3 Å². The topological polar surface area (TPSA) is 57.8 Å². The number of ether oxygens (including phenoxy) is 2. The lowest BCUT2D eigenvalue weighted by molar-refractivity contribution is -0.686. The molecule has 1 heterocycles. The van der Waals surface area contributed by atoms with E-state index >= 15 is 0 Å². The summed E-state index contributed by atoms with van der Waals surface area (Å²) in [6, 6.07) is 14.7. The summed E-state index contributed by atoms with van der Waals surface area (Å²) in [5.41, 5.74) is 1.40. The number of methoxy groups -OCH3 is 2. The van der Waals surface area contributed by atoms with Crippen molar-refractivity contribution in [3.05, 3.63) is 66.0 Å². The molecular formula is C19H18N2O3. The summed E-state index contributed by atoms with van der Waals surface area (Å²) in [5, 5.41) is 18.4. The zero-order chi connectivity index (χ0) is 17.1. The first-order chi connectivity index (χ1) is 11.6. The van der Waals surface area contributed by atoms with E-state index < -0.39 is 0 Å². The third-order valence-corrected chi connectivity index (χ3v) is 3.80. The molecule has 0 aliphatic carbocycles. The molecule has 5 nitrogen and oxygen atoms in total. The number of aromatic nitrogens is 1. The first kappa shape index (κ1) is 15.8. The molecular weight excluding hydrogens is 304 g/mol. The number of fused-ring (bicyclic) bond motifs is 1. The zero-order valence-corrected chi connectivity index (χ0v) is 13.8. The second kappa shape index (κ2) is 6.58. The predicted molar refractivity (Wildman–Crippen MR) is 90.4 cm³/mol. The Bertz CT molecular complexity index is 905. The number of hydrogen-bond donors (Lipinski definition) is 0. The third kappa shape index (κ3) is 3.01. The van der Waals surface area contributed by atoms with Crippen LogP contribution in [0.5, 0.6) is 11.5 Å². The Morgan fingerprint density at radius 1 is 0.958 bits per heavy atom. The molecule has 1 aromatic heterocycles. The summed E-state index contributed by atoms with van der Waals surface area (Å²) >= 11 is 0. The quantitative estimate of drug-likeness (QED) is 0.419. The van der Waals surface area contributed by atoms with E-state index in [2.05, 4.69) is 5.10 Å². The Morgan fingerprint density at radius 3 is 2.21 bits per heavy atom. The number of pyridine rings is 1. The average molecular weight is 322 g/mol. The van der Waals surface area contributed by atoms with Gasteiger partial charge in [-0.2, -0.15) is 0 Å². The second-order valence-electron chi connectivity index (χ2n) is 5.37. The lowest BCUT2D eigenvalue weighted by atomic mass is 10.1. The van der Waals surface area contributed by atoms with Gasteiger partial charge in [-0.25, -0.2) is 0 Å². The minimum atomic E-state index is -0.288. The van der Waals surface area contributed by atoms with E-state index in [0.29, 0.717) is 17.1 Å². The Balaban J connectivity index is 2.10. The fourth-order valence-electron chi connectivity index (χ4n) is 2.52. The van der Waals surface area contributed by atoms with Crippen LogP contribution in [0.4, 0.5) is 0 Å². The maximum atomic E-state index is 12.3. The number of nitrogens with zero attached hydrogens (tertiary/aromatic N) is 2. The van der Waals surface area contributed by atoms with Gasteiger partial charge in [-0.15, -0.1) is 0 Å². The monoisotopic (exact) mass is 322 g/mol. The van der Waals surface area contributed by atoms with Crippen molar-refractivity contribution in [1.82, 2.24) is 0 Å². The lowest BCUT2D eigenvalue weighted by Crippen LogP contribution is -2.36. The van der Waals surface area contributed by atoms with Crippen LogP contribution in [0.15, 0.2) is 59.8 Å². The first-order valence-electron chi connectivity index (χ1n) is 7.52. The highest BCUT2D eigenvalue weighted by molar-refractivity contribution is 5.90. The van der Waals surface area contributed by atoms with Gasteiger partial charge in [-0.05, 0) is 28.2 Å². The minimum absolute atomic E-state index is 0.288. The largest absolute Gasteiger partial charge is 0.854 e. The molecule has 0 saturated heterocycles. The Labute approximate surface area is 140 Å². The standard InChI is InChI=1S/C19H18N2O3/c1-13-9-15-10-17(23-2)18(24-3)11-16(15)12-21(13)20-19(22)14-7-5-4-6-8-14/h4-12H,1-3H3. The molecule has 0 aliphatic heterocycles. The molecule has 3 aromatic rings. The average Bonchev–Trinajstić information content (AvgIpc) is 2.62. The van der Waals surface area contributed by atoms with Gasteiger partial charge in [-0.3, -0.25) is 0 Å². The minimum Gasteiger partial charge on any atom is -0.854 e. The normalized spacial score (nSPS) is 11.5. The highest BCUT2D eigenvalue weighted by atomic mass is 16.5. The van der Waals surface area contributed by atoms with Gasteiger partial charge in [0.15, 0.2) is 11.5 Å². The van der Waals surface area contributed by atoms with Crippen molar-refractivity contribution in [1.29, 1.82) is 0 Å². The van der Waals surface area contributed by atoms with Crippen molar-refractivity contribution in [3.8, 4) is 11.5 Å². The van der Waals surface area contributed by atoms with Crippen LogP contribution in [0.3, 0.4) is 0 Å². The van der Waals surface area contributed by atoms with Crippen LogP contribution in [0.25, 0.3) is 10.8 Å². The van der Waals surface area contributed by atoms with E-state index in [0.717, 1.165) is 16.5 Å². The molecule has 2 aromatic carbocycles. The summed E-state index contributed by atoms with van der Waals surface area (Å²) in [6.45, 7) is 1.90. The lowest BCUT2D eigenvalue weighted by Gasteiger charge is -2.09. The Hall–Kier alpha value is -3.08. The van der Waals surface area contributed by atoms with Crippen LogP contribution in [0.2, 0.25) is 0 Å². The van der Waals surface area contributed by atoms with Crippen molar-refractivity contribution in [2.24, 2.45) is 5.10 Å². The van der Waals surface area contributed by atoms with Crippen molar-refractivity contribution in [3.63, 3.8) is 0 Å². The summed E-state index contributed by atoms with van der Waals surface area (Å²) in [5.74, 6) is 1.01. The SMILES string of the molecule is COc1cc2cc(C)[n+](/N=C(\[O-])c3ccccc3)cc2cc1OC. The molecule has 0 spiro atoms. The summed E-state index contributed by atoms with van der Waals surface area (Å²) in [6.07, 6.45) is 1.81. The van der Waals surface area contributed by atoms with Crippen molar-refractivity contribution in [2.75, 3.05) is 14.2 Å². The highest BCUT2D eigenvalue weighted by Gasteiger charge is 2.13. The molecule has 5 heteroatoms. The van der Waals surface area contributed by atoms with E-state index in [9.17, 15) is 5.11 Å². The van der Waals surface area contributed by atoms with Gasteiger partial charge >= 0.3 is 0 Å². The van der Waals surface area contributed by atoms with Gasteiger partial charge in [0.2, 0.25) is 11.9 Å². The molecule has 0 bridgehead atoms. The number of rotatable bonds is 4. The van der Waals surface area contributed by atoms with Crippen molar-refractivity contribution in [2.45, 2.75) is 6.92 Å². The molecule has 0 saturated carbocycles. The van der Waals surface area contributed by atoms with E-state index in [1.54, 1.807) is 31.0 Å². The maximum Gasteiger partial charge on any atom is 0.212 e. The van der Waals surface area contributed by atoms with Gasteiger partial charge in [0.25, 0.3) is 0 Å². The van der Waals surface area contributed by atoms with Crippen LogP contribution >= 0.6 is 0 Å². The van der Waals surface area contributed by atoms with Crippen LogP contribution in [-0.2, 0) is 0 Å². The molecule has 0 amide bonds. The molecule has 24 heavy (non-hydrogen) atoms. The van der Waals surface area contributed by atoms with Crippen molar-refractivity contribution < 1.29 is 19.3 Å². The zero-order valence-electron chi connectivity index (χ0n) is 13.8. The highest BCUT2D eigenvalue weighted by Crippen LogP contribution is 2.31. The van der Waals surface area contributed by atoms with E-state index in [4.69, 9.17) is 9.47 Å². The van der Waals surface area contributed by atoms with Gasteiger partial charge in [0.1, 0.15) is 0 Å². The predicted octanol–water partition coefficient (Wildman–Crippen LogP) is 2.02. The molecule has 0 fully saturated rings. The number of benzene rings is 2. The number of hydrogen-bond acceptors (Lipinski definition) is 4. The summed E-state index contributed by atoms with van der Waals surface area (Å²) < 4.78 is 12.2. The van der Waals surface area contributed by atoms with Gasteiger partial charge < -0.3 is 14.6 Å². The molecule has 0 radical (unpaired) electrons. The first-order valence-corrected chi connectivity index (χ1v) is 7.52. The molecule has 0 aliphatic rings. The Kier molecular flexibility index (Phi) is 4.33. The molecule has 122 valence electrons. The molecule has 0 unspecified atom stereocenters. The van der Waals surface area contributed by atoms with Crippen LogP contribution in [0, 0.1) is 6.92 Å². The van der Waals surface area contributed by atoms with Crippen molar-refractivity contribution >= 4 is 16.7 Å². The number of aryl methyl sites for hydroxylation is 1. The second-order valence-corrected chi connectivity index (χ2v) is 5.37. The van der Waals surface area contributed by atoms with E-state index in [1.807, 2.05) is 49.5 Å². The third-order valence-electron chi connectivity index (χ3n) is 3.80. The fraction of sp³-hybridized carbons (Fsp3) is 0.158. The maximum absolute atomic E-state index is 12.3. The smallest absolute Gasteiger partial charge is 0.212 e. The summed E-state index contributed by atoms with van der Waals surface area (Å²) in [7, 11) is 3.20. The summed E-state index contributed by atoms with van der Waals surface area (Å²) in [4.78, 5) is 0. The van der Waals surface area contributed by atoms with Gasteiger partial charge in [0, 0.05) is 13.0 Å². The van der Waals surface area contributed by atoms with Gasteiger partial charge in [0.05, 0.1) is 25.5 Å². The molecule has 0 N–H and O–H groups in total. The van der Waals surface area contributed by atoms with Gasteiger partial charge in [-0.1, -0.05) is 35.0 Å². The fourth-order valence-corrected chi connectivity index (χ4v) is 2.52. The Morgan fingerprint density at radius 2 is 1.58 bits per heavy atom. The molecule has 0 atom stereocenters.